The summed E-state index contributed by atoms with van der Waals surface area (Å²) in [5.41, 5.74) is 0.273. The average molecular weight is 520 g/mol. The van der Waals surface area contributed by atoms with Gasteiger partial charge in [0.15, 0.2) is 5.13 Å². The minimum absolute atomic E-state index is 0.0336. The van der Waals surface area contributed by atoms with E-state index in [1.54, 1.807) is 6.07 Å². The highest BCUT2D eigenvalue weighted by molar-refractivity contribution is 7.89. The molecular weight excluding hydrogens is 502 g/mol. The first-order chi connectivity index (χ1) is 15.6. The van der Waals surface area contributed by atoms with Gasteiger partial charge in [-0.15, -0.1) is 11.3 Å². The van der Waals surface area contributed by atoms with Crippen LogP contribution in [0.25, 0.3) is 0 Å². The fourth-order valence-corrected chi connectivity index (χ4v) is 6.20. The molecule has 5 nitrogen and oxygen atoms in total. The summed E-state index contributed by atoms with van der Waals surface area (Å²) in [5.74, 6) is -0.506. The zero-order valence-electron chi connectivity index (χ0n) is 17.0. The monoisotopic (exact) mass is 519 g/mol. The number of nitrogens with zero attached hydrogens (tertiary/aromatic N) is 3. The average Bonchev–Trinajstić information content (AvgIpc) is 3.24. The molecule has 176 valence electrons. The van der Waals surface area contributed by atoms with E-state index in [1.807, 2.05) is 10.3 Å². The van der Waals surface area contributed by atoms with Crippen LogP contribution >= 0.6 is 22.9 Å². The Bertz CT molecular complexity index is 1260. The lowest BCUT2D eigenvalue weighted by atomic mass is 10.1. The number of halogens is 5. The van der Waals surface area contributed by atoms with E-state index in [0.717, 1.165) is 28.2 Å². The number of piperazine rings is 1. The van der Waals surface area contributed by atoms with E-state index in [-0.39, 0.29) is 31.2 Å². The number of anilines is 1. The molecule has 33 heavy (non-hydrogen) atoms. The fraction of sp³-hybridized carbons (Fsp3) is 0.286. The lowest BCUT2D eigenvalue weighted by molar-refractivity contribution is -0.139. The van der Waals surface area contributed by atoms with Gasteiger partial charge >= 0.3 is 6.18 Å². The lowest BCUT2D eigenvalue weighted by Crippen LogP contribution is -2.49. The zero-order valence-corrected chi connectivity index (χ0v) is 19.4. The number of sulfonamides is 1. The molecule has 1 saturated heterocycles. The maximum absolute atomic E-state index is 13.6. The van der Waals surface area contributed by atoms with E-state index in [4.69, 9.17) is 11.6 Å². The van der Waals surface area contributed by atoms with E-state index >= 15 is 0 Å². The molecule has 0 radical (unpaired) electrons. The van der Waals surface area contributed by atoms with Crippen molar-refractivity contribution in [2.75, 3.05) is 31.1 Å². The summed E-state index contributed by atoms with van der Waals surface area (Å²) in [5, 5.41) is 2.56. The van der Waals surface area contributed by atoms with Crippen LogP contribution in [0.4, 0.5) is 22.7 Å². The van der Waals surface area contributed by atoms with E-state index in [0.29, 0.717) is 17.1 Å². The number of alkyl halides is 3. The molecule has 1 aliphatic rings. The Hall–Kier alpha value is -2.21. The van der Waals surface area contributed by atoms with Gasteiger partial charge in [-0.2, -0.15) is 17.5 Å². The van der Waals surface area contributed by atoms with Gasteiger partial charge in [0.05, 0.1) is 21.2 Å². The smallest absolute Gasteiger partial charge is 0.345 e. The molecule has 12 heteroatoms. The Morgan fingerprint density at radius 3 is 2.42 bits per heavy atom. The molecule has 0 atom stereocenters. The molecule has 0 amide bonds. The van der Waals surface area contributed by atoms with Crippen molar-refractivity contribution in [3.05, 3.63) is 75.5 Å². The van der Waals surface area contributed by atoms with Crippen LogP contribution in [-0.4, -0.2) is 43.9 Å². The second kappa shape index (κ2) is 9.21. The predicted molar refractivity (Wildman–Crippen MR) is 119 cm³/mol. The largest absolute Gasteiger partial charge is 0.417 e. The molecule has 1 aliphatic heterocycles. The summed E-state index contributed by atoms with van der Waals surface area (Å²) in [6.45, 7) is 0.642. The van der Waals surface area contributed by atoms with Crippen LogP contribution in [0.1, 0.15) is 16.8 Å². The predicted octanol–water partition coefficient (Wildman–Crippen LogP) is 5.06. The highest BCUT2D eigenvalue weighted by Gasteiger charge is 2.39. The summed E-state index contributed by atoms with van der Waals surface area (Å²) in [6, 6.07) is 8.75. The van der Waals surface area contributed by atoms with Crippen molar-refractivity contribution >= 4 is 38.1 Å². The van der Waals surface area contributed by atoms with Gasteiger partial charge in [-0.05, 0) is 29.8 Å². The van der Waals surface area contributed by atoms with Crippen LogP contribution in [-0.2, 0) is 22.6 Å². The third kappa shape index (κ3) is 5.16. The van der Waals surface area contributed by atoms with Crippen molar-refractivity contribution < 1.29 is 26.0 Å². The van der Waals surface area contributed by atoms with E-state index < -0.39 is 32.5 Å². The van der Waals surface area contributed by atoms with E-state index in [1.165, 1.54) is 29.5 Å². The fourth-order valence-electron chi connectivity index (χ4n) is 3.57. The van der Waals surface area contributed by atoms with Crippen molar-refractivity contribution in [3.63, 3.8) is 0 Å². The molecule has 0 spiro atoms. The first-order valence-electron chi connectivity index (χ1n) is 9.85. The quantitative estimate of drug-likeness (QED) is 0.442. The van der Waals surface area contributed by atoms with E-state index in [2.05, 4.69) is 4.98 Å². The molecule has 2 aromatic carbocycles. The molecule has 0 N–H and O–H groups in total. The Labute approximate surface area is 197 Å². The second-order valence-corrected chi connectivity index (χ2v) is 10.6. The van der Waals surface area contributed by atoms with Gasteiger partial charge in [0.2, 0.25) is 10.0 Å². The topological polar surface area (TPSA) is 53.5 Å². The molecule has 0 unspecified atom stereocenters. The molecule has 0 saturated carbocycles. The summed E-state index contributed by atoms with van der Waals surface area (Å²) >= 11 is 7.08. The first kappa shape index (κ1) is 23.9. The minimum Gasteiger partial charge on any atom is -0.345 e. The number of aromatic nitrogens is 1. The third-order valence-corrected chi connectivity index (χ3v) is 8.44. The number of thiazole rings is 1. The van der Waals surface area contributed by atoms with Gasteiger partial charge in [0.1, 0.15) is 5.82 Å². The molecule has 0 bridgehead atoms. The van der Waals surface area contributed by atoms with Crippen LogP contribution in [0.2, 0.25) is 5.02 Å². The third-order valence-electron chi connectivity index (χ3n) is 5.23. The zero-order chi connectivity index (χ0) is 23.8. The number of rotatable bonds is 5. The summed E-state index contributed by atoms with van der Waals surface area (Å²) in [4.78, 5) is 5.69. The number of hydrogen-bond acceptors (Lipinski definition) is 5. The standard InChI is InChI=1S/C21H18ClF4N3O2S2/c22-17-6-5-14(12-18(17)23)11-15-13-32-20(27-15)28-7-9-29(10-8-28)33(30,31)19-4-2-1-3-16(19)21(24,25)26/h1-6,12-13H,7-11H2. The molecule has 2 heterocycles. The Morgan fingerprint density at radius 2 is 1.76 bits per heavy atom. The van der Waals surface area contributed by atoms with Gasteiger partial charge in [0.25, 0.3) is 0 Å². The highest BCUT2D eigenvalue weighted by atomic mass is 35.5. The van der Waals surface area contributed by atoms with Gasteiger partial charge < -0.3 is 4.90 Å². The normalized spacial score (nSPS) is 15.7. The number of hydrogen-bond donors (Lipinski definition) is 0. The van der Waals surface area contributed by atoms with Gasteiger partial charge in [0, 0.05) is 38.0 Å². The minimum atomic E-state index is -4.77. The molecule has 1 aromatic heterocycles. The summed E-state index contributed by atoms with van der Waals surface area (Å²) < 4.78 is 80.5. The molecular formula is C21H18ClF4N3O2S2. The maximum atomic E-state index is 13.6. The molecule has 0 aliphatic carbocycles. The van der Waals surface area contributed by atoms with Gasteiger partial charge in [-0.1, -0.05) is 29.8 Å². The highest BCUT2D eigenvalue weighted by Crippen LogP contribution is 2.35. The first-order valence-corrected chi connectivity index (χ1v) is 12.5. The summed E-state index contributed by atoms with van der Waals surface area (Å²) in [7, 11) is -4.30. The SMILES string of the molecule is O=S(=O)(c1ccccc1C(F)(F)F)N1CCN(c2nc(Cc3ccc(Cl)c(F)c3)cs2)CC1. The second-order valence-electron chi connectivity index (χ2n) is 7.43. The van der Waals surface area contributed by atoms with Crippen molar-refractivity contribution in [1.82, 2.24) is 9.29 Å². The Morgan fingerprint density at radius 1 is 1.06 bits per heavy atom. The maximum Gasteiger partial charge on any atom is 0.417 e. The Kier molecular flexibility index (Phi) is 6.68. The van der Waals surface area contributed by atoms with Crippen LogP contribution in [0, 0.1) is 5.82 Å². The van der Waals surface area contributed by atoms with Crippen molar-refractivity contribution in [2.24, 2.45) is 0 Å². The van der Waals surface area contributed by atoms with Crippen LogP contribution < -0.4 is 4.90 Å². The molecule has 1 fully saturated rings. The van der Waals surface area contributed by atoms with Gasteiger partial charge in [-0.3, -0.25) is 0 Å². The van der Waals surface area contributed by atoms with Gasteiger partial charge in [-0.25, -0.2) is 17.8 Å². The van der Waals surface area contributed by atoms with Crippen molar-refractivity contribution in [1.29, 1.82) is 0 Å². The lowest BCUT2D eigenvalue weighted by Gasteiger charge is -2.34. The van der Waals surface area contributed by atoms with Crippen molar-refractivity contribution in [2.45, 2.75) is 17.5 Å². The van der Waals surface area contributed by atoms with Crippen LogP contribution in [0.15, 0.2) is 52.7 Å². The molecule has 4 rings (SSSR count). The van der Waals surface area contributed by atoms with Crippen molar-refractivity contribution in [3.8, 4) is 0 Å². The molecule has 3 aromatic rings. The van der Waals surface area contributed by atoms with Crippen LogP contribution in [0.3, 0.4) is 0 Å². The summed E-state index contributed by atoms with van der Waals surface area (Å²) in [6.07, 6.45) is -4.36. The Balaban J connectivity index is 1.44. The van der Waals surface area contributed by atoms with E-state index in [9.17, 15) is 26.0 Å². The van der Waals surface area contributed by atoms with Crippen LogP contribution in [0.5, 0.6) is 0 Å². The number of benzene rings is 2.